The van der Waals surface area contributed by atoms with Crippen LogP contribution in [-0.2, 0) is 19.6 Å². The molecule has 1 aromatic carbocycles. The third-order valence-corrected chi connectivity index (χ3v) is 7.65. The highest BCUT2D eigenvalue weighted by atomic mass is 32.2. The maximum absolute atomic E-state index is 12.8. The summed E-state index contributed by atoms with van der Waals surface area (Å²) in [5.74, 6) is 0.171. The molecule has 0 aromatic heterocycles. The number of anilines is 1. The van der Waals surface area contributed by atoms with E-state index in [0.717, 1.165) is 25.7 Å². The zero-order valence-corrected chi connectivity index (χ0v) is 17.4. The molecule has 3 rings (SSSR count). The molecule has 2 saturated heterocycles. The number of nitrogens with one attached hydrogen (secondary N) is 1. The fourth-order valence-corrected chi connectivity index (χ4v) is 5.28. The molecule has 0 saturated carbocycles. The molecule has 8 heteroatoms. The number of hydrogen-bond acceptors (Lipinski definition) is 4. The quantitative estimate of drug-likeness (QED) is 0.830. The Morgan fingerprint density at radius 3 is 2.29 bits per heavy atom. The average Bonchev–Trinajstić information content (AvgIpc) is 2.69. The van der Waals surface area contributed by atoms with Crippen LogP contribution in [0.15, 0.2) is 29.2 Å². The first-order valence-corrected chi connectivity index (χ1v) is 11.4. The molecule has 2 aliphatic rings. The van der Waals surface area contributed by atoms with Gasteiger partial charge in [-0.25, -0.2) is 8.42 Å². The molecule has 0 radical (unpaired) electrons. The third kappa shape index (κ3) is 4.72. The molecule has 2 fully saturated rings. The van der Waals surface area contributed by atoms with Crippen LogP contribution in [0.3, 0.4) is 0 Å². The van der Waals surface area contributed by atoms with Crippen LogP contribution in [0.2, 0.25) is 0 Å². The van der Waals surface area contributed by atoms with Gasteiger partial charge in [0.25, 0.3) is 0 Å². The molecular weight excluding hydrogens is 378 g/mol. The van der Waals surface area contributed by atoms with Crippen LogP contribution in [0.25, 0.3) is 0 Å². The Kier molecular flexibility index (Phi) is 6.40. The van der Waals surface area contributed by atoms with E-state index < -0.39 is 10.0 Å². The average molecular weight is 408 g/mol. The van der Waals surface area contributed by atoms with Gasteiger partial charge < -0.3 is 10.2 Å². The van der Waals surface area contributed by atoms with Crippen LogP contribution >= 0.6 is 0 Å². The summed E-state index contributed by atoms with van der Waals surface area (Å²) in [6.45, 7) is 5.89. The van der Waals surface area contributed by atoms with Gasteiger partial charge in [0.2, 0.25) is 21.8 Å². The number of hydrogen-bond donors (Lipinski definition) is 1. The van der Waals surface area contributed by atoms with Crippen molar-refractivity contribution in [2.75, 3.05) is 31.5 Å². The third-order valence-electron chi connectivity index (χ3n) is 5.74. The maximum atomic E-state index is 12.8. The molecule has 1 aromatic rings. The smallest absolute Gasteiger partial charge is 0.243 e. The summed E-state index contributed by atoms with van der Waals surface area (Å²) in [7, 11) is -3.49. The van der Waals surface area contributed by atoms with Crippen molar-refractivity contribution in [3.63, 3.8) is 0 Å². The van der Waals surface area contributed by atoms with Crippen molar-refractivity contribution < 1.29 is 18.0 Å². The Morgan fingerprint density at radius 2 is 1.68 bits per heavy atom. The molecule has 1 atom stereocenters. The van der Waals surface area contributed by atoms with Crippen molar-refractivity contribution in [1.29, 1.82) is 0 Å². The Morgan fingerprint density at radius 1 is 1.04 bits per heavy atom. The van der Waals surface area contributed by atoms with E-state index >= 15 is 0 Å². The number of carbonyl (C=O) groups excluding carboxylic acids is 2. The van der Waals surface area contributed by atoms with Gasteiger partial charge in [-0.15, -0.1) is 0 Å². The maximum Gasteiger partial charge on any atom is 0.243 e. The number of benzene rings is 1. The lowest BCUT2D eigenvalue weighted by Crippen LogP contribution is -2.42. The van der Waals surface area contributed by atoms with E-state index in [1.807, 2.05) is 0 Å². The normalized spacial score (nSPS) is 22.1. The summed E-state index contributed by atoms with van der Waals surface area (Å²) in [4.78, 5) is 26.0. The SMILES string of the molecule is CC(=O)N1CCC[C@@H](C(=O)Nc2ccc(S(=O)(=O)N3CCC(C)CC3)cc2)C1. The van der Waals surface area contributed by atoms with Gasteiger partial charge in [0, 0.05) is 38.8 Å². The minimum absolute atomic E-state index is 0.0147. The number of sulfonamides is 1. The Bertz CT molecular complexity index is 814. The highest BCUT2D eigenvalue weighted by Crippen LogP contribution is 2.25. The monoisotopic (exact) mass is 407 g/mol. The molecule has 0 aliphatic carbocycles. The minimum Gasteiger partial charge on any atom is -0.342 e. The Labute approximate surface area is 167 Å². The van der Waals surface area contributed by atoms with Gasteiger partial charge in [-0.3, -0.25) is 9.59 Å². The number of likely N-dealkylation sites (tertiary alicyclic amines) is 1. The van der Waals surface area contributed by atoms with Crippen molar-refractivity contribution in [2.45, 2.75) is 44.4 Å². The van der Waals surface area contributed by atoms with Gasteiger partial charge in [0.05, 0.1) is 10.8 Å². The Hall–Kier alpha value is -1.93. The fraction of sp³-hybridized carbons (Fsp3) is 0.600. The lowest BCUT2D eigenvalue weighted by atomic mass is 9.97. The van der Waals surface area contributed by atoms with E-state index in [0.29, 0.717) is 37.8 Å². The first kappa shape index (κ1) is 20.8. The van der Waals surface area contributed by atoms with Gasteiger partial charge in [-0.05, 0) is 55.9 Å². The number of amides is 2. The summed E-state index contributed by atoms with van der Waals surface area (Å²) in [6.07, 6.45) is 3.32. The standard InChI is InChI=1S/C20H29N3O4S/c1-15-9-12-23(13-10-15)28(26,27)19-7-5-18(6-8-19)21-20(25)17-4-3-11-22(14-17)16(2)24/h5-8,15,17H,3-4,9-14H2,1-2H3,(H,21,25)/t17-/m1/s1. The predicted molar refractivity (Wildman–Crippen MR) is 107 cm³/mol. The fourth-order valence-electron chi connectivity index (χ4n) is 3.81. The lowest BCUT2D eigenvalue weighted by molar-refractivity contribution is -0.132. The Balaban J connectivity index is 1.62. The summed E-state index contributed by atoms with van der Waals surface area (Å²) < 4.78 is 27.1. The molecule has 0 unspecified atom stereocenters. The topological polar surface area (TPSA) is 86.8 Å². The van der Waals surface area contributed by atoms with Crippen molar-refractivity contribution in [3.05, 3.63) is 24.3 Å². The number of rotatable bonds is 4. The molecule has 2 heterocycles. The van der Waals surface area contributed by atoms with Gasteiger partial charge >= 0.3 is 0 Å². The van der Waals surface area contributed by atoms with Gasteiger partial charge in [-0.2, -0.15) is 4.31 Å². The second-order valence-corrected chi connectivity index (χ2v) is 9.84. The number of nitrogens with zero attached hydrogens (tertiary/aromatic N) is 2. The van der Waals surface area contributed by atoms with E-state index in [-0.39, 0.29) is 22.6 Å². The van der Waals surface area contributed by atoms with E-state index in [9.17, 15) is 18.0 Å². The van der Waals surface area contributed by atoms with Crippen molar-refractivity contribution in [2.24, 2.45) is 11.8 Å². The van der Waals surface area contributed by atoms with Gasteiger partial charge in [0.15, 0.2) is 0 Å². The summed E-state index contributed by atoms with van der Waals surface area (Å²) in [5.41, 5.74) is 0.566. The van der Waals surface area contributed by atoms with Crippen LogP contribution in [0.4, 0.5) is 5.69 Å². The molecule has 2 aliphatic heterocycles. The van der Waals surface area contributed by atoms with Crippen molar-refractivity contribution >= 4 is 27.5 Å². The first-order chi connectivity index (χ1) is 13.3. The molecule has 0 spiro atoms. The molecule has 28 heavy (non-hydrogen) atoms. The van der Waals surface area contributed by atoms with E-state index in [2.05, 4.69) is 12.2 Å². The molecule has 7 nitrogen and oxygen atoms in total. The minimum atomic E-state index is -3.49. The van der Waals surface area contributed by atoms with Crippen molar-refractivity contribution in [3.8, 4) is 0 Å². The van der Waals surface area contributed by atoms with Crippen LogP contribution in [-0.4, -0.2) is 55.6 Å². The van der Waals surface area contributed by atoms with Crippen LogP contribution in [0, 0.1) is 11.8 Å². The molecular formula is C20H29N3O4S. The molecule has 1 N–H and O–H groups in total. The summed E-state index contributed by atoms with van der Waals surface area (Å²) in [6, 6.07) is 6.35. The number of piperidine rings is 2. The highest BCUT2D eigenvalue weighted by Gasteiger charge is 2.29. The highest BCUT2D eigenvalue weighted by molar-refractivity contribution is 7.89. The van der Waals surface area contributed by atoms with E-state index in [4.69, 9.17) is 0 Å². The largest absolute Gasteiger partial charge is 0.342 e. The molecule has 0 bridgehead atoms. The molecule has 154 valence electrons. The summed E-state index contributed by atoms with van der Waals surface area (Å²) >= 11 is 0. The predicted octanol–water partition coefficient (Wildman–Crippen LogP) is 2.30. The lowest BCUT2D eigenvalue weighted by Gasteiger charge is -2.31. The second kappa shape index (κ2) is 8.61. The zero-order valence-electron chi connectivity index (χ0n) is 16.6. The van der Waals surface area contributed by atoms with Gasteiger partial charge in [0.1, 0.15) is 0 Å². The van der Waals surface area contributed by atoms with Crippen LogP contribution in [0.5, 0.6) is 0 Å². The first-order valence-electron chi connectivity index (χ1n) is 9.94. The van der Waals surface area contributed by atoms with Crippen molar-refractivity contribution in [1.82, 2.24) is 9.21 Å². The second-order valence-electron chi connectivity index (χ2n) is 7.90. The molecule has 2 amide bonds. The summed E-state index contributed by atoms with van der Waals surface area (Å²) in [5, 5.41) is 2.85. The van der Waals surface area contributed by atoms with E-state index in [1.165, 1.54) is 6.92 Å². The number of carbonyl (C=O) groups is 2. The van der Waals surface area contributed by atoms with Crippen LogP contribution in [0.1, 0.15) is 39.5 Å². The van der Waals surface area contributed by atoms with Gasteiger partial charge in [-0.1, -0.05) is 6.92 Å². The van der Waals surface area contributed by atoms with Crippen LogP contribution < -0.4 is 5.32 Å². The van der Waals surface area contributed by atoms with E-state index in [1.54, 1.807) is 33.5 Å². The zero-order chi connectivity index (χ0) is 20.3.